The van der Waals surface area contributed by atoms with Gasteiger partial charge in [-0.2, -0.15) is 5.10 Å². The van der Waals surface area contributed by atoms with Crippen molar-refractivity contribution >= 4 is 27.7 Å². The topological polar surface area (TPSA) is 68.5 Å². The number of aromatic amines is 1. The van der Waals surface area contributed by atoms with Crippen molar-refractivity contribution in [1.29, 1.82) is 0 Å². The third-order valence-corrected chi connectivity index (χ3v) is 3.41. The summed E-state index contributed by atoms with van der Waals surface area (Å²) in [5, 5.41) is 11.1. The number of nitrogens with one attached hydrogen (secondary N) is 1. The van der Waals surface area contributed by atoms with Gasteiger partial charge in [-0.1, -0.05) is 11.8 Å². The van der Waals surface area contributed by atoms with Crippen LogP contribution >= 0.6 is 27.7 Å². The van der Waals surface area contributed by atoms with E-state index in [1.165, 1.54) is 16.3 Å². The molecule has 0 aromatic carbocycles. The number of halogens is 1. The molecular weight excluding hydrogens is 294 g/mol. The van der Waals surface area contributed by atoms with E-state index in [0.717, 1.165) is 16.8 Å². The number of nitrogens with zero attached hydrogens (tertiary/aromatic N) is 4. The highest BCUT2D eigenvalue weighted by molar-refractivity contribution is 9.10. The third-order valence-electron chi connectivity index (χ3n) is 1.99. The Labute approximate surface area is 104 Å². The first kappa shape index (κ1) is 11.5. The van der Waals surface area contributed by atoms with Gasteiger partial charge in [-0.25, -0.2) is 9.89 Å². The molecule has 0 unspecified atom stereocenters. The molecule has 0 aliphatic carbocycles. The molecule has 2 heterocycles. The van der Waals surface area contributed by atoms with Gasteiger partial charge in [-0.3, -0.25) is 9.25 Å². The van der Waals surface area contributed by atoms with Crippen LogP contribution in [-0.2, 0) is 13.6 Å². The highest BCUT2D eigenvalue weighted by Gasteiger charge is 2.04. The number of rotatable bonds is 4. The number of aromatic nitrogens is 5. The second-order valence-electron chi connectivity index (χ2n) is 3.14. The van der Waals surface area contributed by atoms with Crippen LogP contribution in [0.1, 0.15) is 0 Å². The molecule has 0 spiro atoms. The molecule has 6 nitrogen and oxygen atoms in total. The Balaban J connectivity index is 1.89. The zero-order valence-corrected chi connectivity index (χ0v) is 11.0. The van der Waals surface area contributed by atoms with Gasteiger partial charge in [0, 0.05) is 19.0 Å². The van der Waals surface area contributed by atoms with Gasteiger partial charge in [0.2, 0.25) is 0 Å². The molecule has 1 N–H and O–H groups in total. The van der Waals surface area contributed by atoms with E-state index in [9.17, 15) is 4.79 Å². The van der Waals surface area contributed by atoms with Crippen LogP contribution < -0.4 is 5.69 Å². The normalized spacial score (nSPS) is 10.9. The summed E-state index contributed by atoms with van der Waals surface area (Å²) < 4.78 is 4.29. The van der Waals surface area contributed by atoms with Crippen LogP contribution in [0, 0.1) is 0 Å². The van der Waals surface area contributed by atoms with E-state index in [0.29, 0.717) is 5.16 Å². The van der Waals surface area contributed by atoms with Crippen molar-refractivity contribution in [3.63, 3.8) is 0 Å². The van der Waals surface area contributed by atoms with Gasteiger partial charge in [0.1, 0.15) is 0 Å². The third kappa shape index (κ3) is 2.56. The zero-order chi connectivity index (χ0) is 11.5. The van der Waals surface area contributed by atoms with Crippen molar-refractivity contribution in [3.8, 4) is 0 Å². The Morgan fingerprint density at radius 2 is 2.44 bits per heavy atom. The van der Waals surface area contributed by atoms with Gasteiger partial charge in [0.05, 0.1) is 17.2 Å². The number of H-pyrrole nitrogens is 1. The van der Waals surface area contributed by atoms with Gasteiger partial charge >= 0.3 is 5.69 Å². The Morgan fingerprint density at radius 3 is 3.00 bits per heavy atom. The fourth-order valence-electron chi connectivity index (χ4n) is 1.15. The number of thioether (sulfide) groups is 1. The van der Waals surface area contributed by atoms with Crippen LogP contribution in [0.3, 0.4) is 0 Å². The predicted octanol–water partition coefficient (Wildman–Crippen LogP) is 0.860. The molecule has 0 atom stereocenters. The molecule has 2 aromatic rings. The van der Waals surface area contributed by atoms with Crippen LogP contribution in [0.15, 0.2) is 26.8 Å². The summed E-state index contributed by atoms with van der Waals surface area (Å²) in [5.41, 5.74) is -0.190. The zero-order valence-electron chi connectivity index (χ0n) is 8.55. The minimum atomic E-state index is -0.190. The average molecular weight is 304 g/mol. The van der Waals surface area contributed by atoms with Gasteiger partial charge < -0.3 is 0 Å². The molecule has 0 aliphatic heterocycles. The maximum atomic E-state index is 11.1. The maximum absolute atomic E-state index is 11.1. The highest BCUT2D eigenvalue weighted by atomic mass is 79.9. The molecule has 0 saturated heterocycles. The summed E-state index contributed by atoms with van der Waals surface area (Å²) in [6.45, 7) is 0.775. The van der Waals surface area contributed by atoms with E-state index in [1.807, 2.05) is 10.9 Å². The summed E-state index contributed by atoms with van der Waals surface area (Å²) in [7, 11) is 1.69. The van der Waals surface area contributed by atoms with Crippen LogP contribution in [0.4, 0.5) is 0 Å². The van der Waals surface area contributed by atoms with Gasteiger partial charge in [-0.05, 0) is 15.9 Å². The average Bonchev–Trinajstić information content (AvgIpc) is 2.79. The fraction of sp³-hybridized carbons (Fsp3) is 0.375. The van der Waals surface area contributed by atoms with Gasteiger partial charge in [0.15, 0.2) is 5.16 Å². The fourth-order valence-corrected chi connectivity index (χ4v) is 2.33. The number of aryl methyl sites for hydroxylation is 1. The summed E-state index contributed by atoms with van der Waals surface area (Å²) in [4.78, 5) is 11.1. The minimum absolute atomic E-state index is 0.190. The second kappa shape index (κ2) is 4.88. The van der Waals surface area contributed by atoms with E-state index >= 15 is 0 Å². The summed E-state index contributed by atoms with van der Waals surface area (Å²) >= 11 is 4.85. The van der Waals surface area contributed by atoms with Gasteiger partial charge in [0.25, 0.3) is 0 Å². The molecule has 0 amide bonds. The van der Waals surface area contributed by atoms with Crippen molar-refractivity contribution < 1.29 is 0 Å². The Hall–Kier alpha value is -1.02. The summed E-state index contributed by atoms with van der Waals surface area (Å²) in [6, 6.07) is 0. The quantitative estimate of drug-likeness (QED) is 0.851. The molecule has 0 radical (unpaired) electrons. The lowest BCUT2D eigenvalue weighted by atomic mass is 10.7. The molecule has 0 bridgehead atoms. The largest absolute Gasteiger partial charge is 0.343 e. The SMILES string of the molecule is Cn1c(SCCn2cc(Br)cn2)n[nH]c1=O. The monoisotopic (exact) mass is 303 g/mol. The van der Waals surface area contributed by atoms with Crippen molar-refractivity contribution in [2.45, 2.75) is 11.7 Å². The smallest absolute Gasteiger partial charge is 0.273 e. The lowest BCUT2D eigenvalue weighted by molar-refractivity contribution is 0.664. The van der Waals surface area contributed by atoms with E-state index in [2.05, 4.69) is 31.2 Å². The van der Waals surface area contributed by atoms with Crippen molar-refractivity contribution in [1.82, 2.24) is 24.5 Å². The number of hydrogen-bond acceptors (Lipinski definition) is 4. The molecule has 0 aliphatic rings. The first-order valence-electron chi connectivity index (χ1n) is 4.59. The summed E-state index contributed by atoms with van der Waals surface area (Å²) in [6.07, 6.45) is 3.65. The van der Waals surface area contributed by atoms with E-state index in [1.54, 1.807) is 13.2 Å². The predicted molar refractivity (Wildman–Crippen MR) is 64.5 cm³/mol. The standard InChI is InChI=1S/C8H10BrN5OS/c1-13-7(15)11-12-8(13)16-3-2-14-5-6(9)4-10-14/h4-5H,2-3H2,1H3,(H,11,15). The van der Waals surface area contributed by atoms with Crippen LogP contribution in [-0.4, -0.2) is 30.3 Å². The van der Waals surface area contributed by atoms with Crippen LogP contribution in [0.2, 0.25) is 0 Å². The molecule has 0 fully saturated rings. The van der Waals surface area contributed by atoms with Crippen molar-refractivity contribution in [2.75, 3.05) is 5.75 Å². The highest BCUT2D eigenvalue weighted by Crippen LogP contribution is 2.13. The Morgan fingerprint density at radius 1 is 1.62 bits per heavy atom. The lowest BCUT2D eigenvalue weighted by Gasteiger charge is -2.00. The minimum Gasteiger partial charge on any atom is -0.273 e. The number of hydrogen-bond donors (Lipinski definition) is 1. The molecule has 16 heavy (non-hydrogen) atoms. The summed E-state index contributed by atoms with van der Waals surface area (Å²) in [5.74, 6) is 0.812. The van der Waals surface area contributed by atoms with Crippen LogP contribution in [0.5, 0.6) is 0 Å². The molecule has 2 rings (SSSR count). The molecule has 86 valence electrons. The first-order valence-corrected chi connectivity index (χ1v) is 6.37. The first-order chi connectivity index (χ1) is 7.66. The molecular formula is C8H10BrN5OS. The lowest BCUT2D eigenvalue weighted by Crippen LogP contribution is -2.13. The van der Waals surface area contributed by atoms with Crippen LogP contribution in [0.25, 0.3) is 0 Å². The second-order valence-corrected chi connectivity index (χ2v) is 5.12. The maximum Gasteiger partial charge on any atom is 0.343 e. The Kier molecular flexibility index (Phi) is 3.49. The van der Waals surface area contributed by atoms with Crippen molar-refractivity contribution in [3.05, 3.63) is 27.4 Å². The van der Waals surface area contributed by atoms with E-state index in [-0.39, 0.29) is 5.69 Å². The molecule has 8 heteroatoms. The Bertz CT molecular complexity index is 531. The molecule has 2 aromatic heterocycles. The molecule has 0 saturated carbocycles. The van der Waals surface area contributed by atoms with E-state index < -0.39 is 0 Å². The van der Waals surface area contributed by atoms with Crippen molar-refractivity contribution in [2.24, 2.45) is 7.05 Å². The van der Waals surface area contributed by atoms with Gasteiger partial charge in [-0.15, -0.1) is 5.10 Å². The van der Waals surface area contributed by atoms with E-state index in [4.69, 9.17) is 0 Å².